The topological polar surface area (TPSA) is 61.8 Å². The van der Waals surface area contributed by atoms with Gasteiger partial charge in [-0.2, -0.15) is 0 Å². The number of rotatable bonds is 7. The van der Waals surface area contributed by atoms with Crippen molar-refractivity contribution < 1.29 is 14.6 Å². The number of benzene rings is 2. The molecule has 0 heterocycles. The molecule has 0 aliphatic heterocycles. The molecule has 0 atom stereocenters. The Hall–Kier alpha value is -2.53. The number of ether oxygens (including phenoxy) is 1. The lowest BCUT2D eigenvalue weighted by Gasteiger charge is -2.22. The third kappa shape index (κ3) is 5.59. The predicted molar refractivity (Wildman–Crippen MR) is 95.2 cm³/mol. The lowest BCUT2D eigenvalue weighted by Crippen LogP contribution is -2.36. The van der Waals surface area contributed by atoms with Crippen LogP contribution in [0.2, 0.25) is 0 Å². The SMILES string of the molecule is CC(C)Oc1ccc(NC(=O)N(CCO)Cc2ccccc2)cc1. The molecule has 0 unspecified atom stereocenters. The summed E-state index contributed by atoms with van der Waals surface area (Å²) in [5, 5.41) is 12.1. The lowest BCUT2D eigenvalue weighted by atomic mass is 10.2. The fourth-order valence-corrected chi connectivity index (χ4v) is 2.27. The van der Waals surface area contributed by atoms with E-state index in [2.05, 4.69) is 5.32 Å². The Morgan fingerprint density at radius 3 is 2.38 bits per heavy atom. The van der Waals surface area contributed by atoms with Gasteiger partial charge in [0, 0.05) is 18.8 Å². The number of hydrogen-bond donors (Lipinski definition) is 2. The van der Waals surface area contributed by atoms with Crippen LogP contribution < -0.4 is 10.1 Å². The van der Waals surface area contributed by atoms with Crippen LogP contribution in [-0.2, 0) is 6.54 Å². The molecule has 2 amide bonds. The molecule has 0 radical (unpaired) electrons. The first-order chi connectivity index (χ1) is 11.6. The van der Waals surface area contributed by atoms with Gasteiger partial charge >= 0.3 is 6.03 Å². The first-order valence-electron chi connectivity index (χ1n) is 8.06. The van der Waals surface area contributed by atoms with E-state index in [0.717, 1.165) is 11.3 Å². The van der Waals surface area contributed by atoms with Gasteiger partial charge in [-0.3, -0.25) is 0 Å². The van der Waals surface area contributed by atoms with Crippen molar-refractivity contribution in [1.82, 2.24) is 4.90 Å². The van der Waals surface area contributed by atoms with E-state index in [0.29, 0.717) is 12.2 Å². The number of aliphatic hydroxyl groups is 1. The van der Waals surface area contributed by atoms with Crippen LogP contribution in [0.25, 0.3) is 0 Å². The average Bonchev–Trinajstić information content (AvgIpc) is 2.57. The highest BCUT2D eigenvalue weighted by molar-refractivity contribution is 5.89. The highest BCUT2D eigenvalue weighted by Gasteiger charge is 2.13. The Labute approximate surface area is 142 Å². The van der Waals surface area contributed by atoms with Crippen molar-refractivity contribution in [3.05, 3.63) is 60.2 Å². The highest BCUT2D eigenvalue weighted by atomic mass is 16.5. The minimum absolute atomic E-state index is 0.0819. The molecule has 0 bridgehead atoms. The number of anilines is 1. The van der Waals surface area contributed by atoms with Crippen LogP contribution in [0.4, 0.5) is 10.5 Å². The summed E-state index contributed by atoms with van der Waals surface area (Å²) in [5.41, 5.74) is 1.70. The molecule has 0 aliphatic carbocycles. The minimum Gasteiger partial charge on any atom is -0.491 e. The Bertz CT molecular complexity index is 627. The molecule has 128 valence electrons. The van der Waals surface area contributed by atoms with Crippen molar-refractivity contribution in [2.45, 2.75) is 26.5 Å². The van der Waals surface area contributed by atoms with Crippen LogP contribution in [0.15, 0.2) is 54.6 Å². The number of carbonyl (C=O) groups excluding carboxylic acids is 1. The first-order valence-corrected chi connectivity index (χ1v) is 8.06. The standard InChI is InChI=1S/C19H24N2O3/c1-15(2)24-18-10-8-17(9-11-18)20-19(23)21(12-13-22)14-16-6-4-3-5-7-16/h3-11,15,22H,12-14H2,1-2H3,(H,20,23). The minimum atomic E-state index is -0.245. The number of nitrogens with one attached hydrogen (secondary N) is 1. The molecule has 0 saturated carbocycles. The Morgan fingerprint density at radius 2 is 1.79 bits per heavy atom. The fraction of sp³-hybridized carbons (Fsp3) is 0.316. The van der Waals surface area contributed by atoms with Crippen LogP contribution in [0.5, 0.6) is 5.75 Å². The normalized spacial score (nSPS) is 10.5. The van der Waals surface area contributed by atoms with Gasteiger partial charge in [-0.1, -0.05) is 30.3 Å². The zero-order chi connectivity index (χ0) is 17.4. The Morgan fingerprint density at radius 1 is 1.12 bits per heavy atom. The van der Waals surface area contributed by atoms with Crippen LogP contribution in [-0.4, -0.2) is 35.3 Å². The molecule has 0 fully saturated rings. The van der Waals surface area contributed by atoms with E-state index in [1.807, 2.05) is 56.3 Å². The largest absolute Gasteiger partial charge is 0.491 e. The summed E-state index contributed by atoms with van der Waals surface area (Å²) < 4.78 is 5.58. The van der Waals surface area contributed by atoms with Gasteiger partial charge in [0.05, 0.1) is 12.7 Å². The van der Waals surface area contributed by atoms with Crippen molar-refractivity contribution in [3.8, 4) is 5.75 Å². The van der Waals surface area contributed by atoms with E-state index in [-0.39, 0.29) is 25.3 Å². The van der Waals surface area contributed by atoms with Crippen molar-refractivity contribution in [1.29, 1.82) is 0 Å². The zero-order valence-electron chi connectivity index (χ0n) is 14.1. The maximum atomic E-state index is 12.4. The Kier molecular flexibility index (Phi) is 6.63. The van der Waals surface area contributed by atoms with Crippen molar-refractivity contribution in [2.24, 2.45) is 0 Å². The van der Waals surface area contributed by atoms with Crippen LogP contribution in [0.3, 0.4) is 0 Å². The number of urea groups is 1. The van der Waals surface area contributed by atoms with Gasteiger partial charge < -0.3 is 20.1 Å². The highest BCUT2D eigenvalue weighted by Crippen LogP contribution is 2.17. The Balaban J connectivity index is 1.99. The van der Waals surface area contributed by atoms with Gasteiger partial charge in [0.25, 0.3) is 0 Å². The summed E-state index contributed by atoms with van der Waals surface area (Å²) in [6, 6.07) is 16.7. The monoisotopic (exact) mass is 328 g/mol. The van der Waals surface area contributed by atoms with Gasteiger partial charge in [-0.15, -0.1) is 0 Å². The quantitative estimate of drug-likeness (QED) is 0.818. The molecular weight excluding hydrogens is 304 g/mol. The smallest absolute Gasteiger partial charge is 0.322 e. The molecule has 0 aromatic heterocycles. The molecule has 0 spiro atoms. The second-order valence-corrected chi connectivity index (χ2v) is 5.75. The molecule has 2 N–H and O–H groups in total. The van der Waals surface area contributed by atoms with E-state index in [9.17, 15) is 9.90 Å². The number of carbonyl (C=O) groups is 1. The molecular formula is C19H24N2O3. The molecule has 2 aromatic rings. The molecule has 0 aliphatic rings. The average molecular weight is 328 g/mol. The van der Waals surface area contributed by atoms with Crippen LogP contribution in [0, 0.1) is 0 Å². The van der Waals surface area contributed by atoms with Gasteiger partial charge in [-0.25, -0.2) is 4.79 Å². The third-order valence-corrected chi connectivity index (χ3v) is 3.35. The maximum Gasteiger partial charge on any atom is 0.322 e. The molecule has 2 aromatic carbocycles. The van der Waals surface area contributed by atoms with Crippen molar-refractivity contribution in [3.63, 3.8) is 0 Å². The number of aliphatic hydroxyl groups excluding tert-OH is 1. The van der Waals surface area contributed by atoms with Crippen molar-refractivity contribution in [2.75, 3.05) is 18.5 Å². The number of amides is 2. The van der Waals surface area contributed by atoms with Gasteiger partial charge in [0.1, 0.15) is 5.75 Å². The summed E-state index contributed by atoms with van der Waals surface area (Å²) >= 11 is 0. The maximum absolute atomic E-state index is 12.4. The van der Waals surface area contributed by atoms with Crippen LogP contribution in [0.1, 0.15) is 19.4 Å². The second kappa shape index (κ2) is 8.93. The molecule has 2 rings (SSSR count). The second-order valence-electron chi connectivity index (χ2n) is 5.75. The fourth-order valence-electron chi connectivity index (χ4n) is 2.27. The lowest BCUT2D eigenvalue weighted by molar-refractivity contribution is 0.185. The number of nitrogens with zero attached hydrogens (tertiary/aromatic N) is 1. The van der Waals surface area contributed by atoms with Gasteiger partial charge in [0.2, 0.25) is 0 Å². The predicted octanol–water partition coefficient (Wildman–Crippen LogP) is 3.50. The molecule has 5 nitrogen and oxygen atoms in total. The van der Waals surface area contributed by atoms with E-state index < -0.39 is 0 Å². The summed E-state index contributed by atoms with van der Waals surface area (Å²) in [6.07, 6.45) is 0.108. The third-order valence-electron chi connectivity index (χ3n) is 3.35. The first kappa shape index (κ1) is 17.8. The number of hydrogen-bond acceptors (Lipinski definition) is 3. The van der Waals surface area contributed by atoms with Gasteiger partial charge in [0.15, 0.2) is 0 Å². The van der Waals surface area contributed by atoms with E-state index >= 15 is 0 Å². The van der Waals surface area contributed by atoms with E-state index in [1.54, 1.807) is 17.0 Å². The summed E-state index contributed by atoms with van der Waals surface area (Å²) in [7, 11) is 0. The molecule has 5 heteroatoms. The summed E-state index contributed by atoms with van der Waals surface area (Å²) in [4.78, 5) is 14.0. The molecule has 24 heavy (non-hydrogen) atoms. The van der Waals surface area contributed by atoms with E-state index in [4.69, 9.17) is 4.74 Å². The van der Waals surface area contributed by atoms with E-state index in [1.165, 1.54) is 0 Å². The van der Waals surface area contributed by atoms with Crippen molar-refractivity contribution >= 4 is 11.7 Å². The van der Waals surface area contributed by atoms with Gasteiger partial charge in [-0.05, 0) is 43.7 Å². The molecule has 0 saturated heterocycles. The summed E-state index contributed by atoms with van der Waals surface area (Å²) in [5.74, 6) is 0.763. The van der Waals surface area contributed by atoms with Crippen LogP contribution >= 0.6 is 0 Å². The summed E-state index contributed by atoms with van der Waals surface area (Å²) in [6.45, 7) is 4.57. The zero-order valence-corrected chi connectivity index (χ0v) is 14.1.